The number of methoxy groups -OCH3 is 2. The first-order valence-electron chi connectivity index (χ1n) is 5.12. The van der Waals surface area contributed by atoms with Gasteiger partial charge in [-0.05, 0) is 30.2 Å². The molecule has 0 amide bonds. The van der Waals surface area contributed by atoms with Gasteiger partial charge in [0.25, 0.3) is 0 Å². The Labute approximate surface area is 100 Å². The summed E-state index contributed by atoms with van der Waals surface area (Å²) in [6.07, 6.45) is -0.122. The van der Waals surface area contributed by atoms with Crippen molar-refractivity contribution in [3.05, 3.63) is 29.8 Å². The molecule has 1 aromatic carbocycles. The molecule has 1 rings (SSSR count). The van der Waals surface area contributed by atoms with Crippen molar-refractivity contribution in [3.8, 4) is 11.5 Å². The van der Waals surface area contributed by atoms with E-state index in [-0.39, 0.29) is 6.42 Å². The van der Waals surface area contributed by atoms with Crippen LogP contribution in [0, 0.1) is 6.92 Å². The second kappa shape index (κ2) is 5.39. The van der Waals surface area contributed by atoms with E-state index in [1.807, 2.05) is 6.92 Å². The van der Waals surface area contributed by atoms with Gasteiger partial charge in [-0.2, -0.15) is 0 Å². The highest BCUT2D eigenvalue weighted by Gasteiger charge is 2.13. The molecule has 0 heterocycles. The summed E-state index contributed by atoms with van der Waals surface area (Å²) in [7, 11) is 3.11. The number of hydrogen-bond acceptors (Lipinski definition) is 3. The van der Waals surface area contributed by atoms with Crippen LogP contribution in [-0.4, -0.2) is 25.3 Å². The number of carboxylic acid groups (broad SMARTS) is 1. The van der Waals surface area contributed by atoms with E-state index < -0.39 is 5.97 Å². The van der Waals surface area contributed by atoms with Crippen molar-refractivity contribution >= 4 is 11.5 Å². The second-order valence-corrected chi connectivity index (χ2v) is 3.70. The molecule has 0 radical (unpaired) electrons. The van der Waals surface area contributed by atoms with E-state index in [1.165, 1.54) is 0 Å². The van der Waals surface area contributed by atoms with E-state index in [9.17, 15) is 4.79 Å². The third-order valence-corrected chi connectivity index (χ3v) is 2.46. The standard InChI is InChI=1S/C13H16O4/c1-8(6-13(14)15)10-7-11(16-3)9(2)5-12(10)17-4/h5,7H,1,6H2,2-4H3,(H,14,15). The SMILES string of the molecule is C=C(CC(=O)O)c1cc(OC)c(C)cc1OC. The third kappa shape index (κ3) is 3.00. The van der Waals surface area contributed by atoms with Crippen molar-refractivity contribution in [1.82, 2.24) is 0 Å². The van der Waals surface area contributed by atoms with Crippen LogP contribution in [0.15, 0.2) is 18.7 Å². The van der Waals surface area contributed by atoms with Gasteiger partial charge in [-0.1, -0.05) is 6.58 Å². The molecule has 1 N–H and O–H groups in total. The van der Waals surface area contributed by atoms with E-state index >= 15 is 0 Å². The first kappa shape index (κ1) is 13.1. The van der Waals surface area contributed by atoms with E-state index in [2.05, 4.69) is 6.58 Å². The first-order chi connectivity index (χ1) is 7.99. The average molecular weight is 236 g/mol. The molecule has 0 aliphatic rings. The maximum atomic E-state index is 10.7. The Morgan fingerprint density at radius 1 is 1.29 bits per heavy atom. The molecule has 17 heavy (non-hydrogen) atoms. The Balaban J connectivity index is 3.20. The van der Waals surface area contributed by atoms with Gasteiger partial charge >= 0.3 is 5.97 Å². The molecule has 0 aliphatic carbocycles. The van der Waals surface area contributed by atoms with E-state index in [0.29, 0.717) is 22.6 Å². The lowest BCUT2D eigenvalue weighted by atomic mass is 10.0. The largest absolute Gasteiger partial charge is 0.496 e. The molecular weight excluding hydrogens is 220 g/mol. The molecule has 4 heteroatoms. The van der Waals surface area contributed by atoms with Crippen LogP contribution in [0.2, 0.25) is 0 Å². The molecule has 0 unspecified atom stereocenters. The van der Waals surface area contributed by atoms with Crippen molar-refractivity contribution in [2.24, 2.45) is 0 Å². The lowest BCUT2D eigenvalue weighted by Crippen LogP contribution is -2.00. The molecule has 92 valence electrons. The highest BCUT2D eigenvalue weighted by molar-refractivity contribution is 5.85. The summed E-state index contributed by atoms with van der Waals surface area (Å²) >= 11 is 0. The van der Waals surface area contributed by atoms with Crippen LogP contribution < -0.4 is 9.47 Å². The van der Waals surface area contributed by atoms with Crippen molar-refractivity contribution in [1.29, 1.82) is 0 Å². The predicted octanol–water partition coefficient (Wildman–Crippen LogP) is 2.50. The van der Waals surface area contributed by atoms with Crippen molar-refractivity contribution in [3.63, 3.8) is 0 Å². The normalized spacial score (nSPS) is 9.82. The fourth-order valence-electron chi connectivity index (χ4n) is 1.60. The highest BCUT2D eigenvalue weighted by Crippen LogP contribution is 2.33. The minimum atomic E-state index is -0.920. The lowest BCUT2D eigenvalue weighted by Gasteiger charge is -2.13. The van der Waals surface area contributed by atoms with Crippen molar-refractivity contribution in [2.75, 3.05) is 14.2 Å². The first-order valence-corrected chi connectivity index (χ1v) is 5.12. The molecule has 0 fully saturated rings. The van der Waals surface area contributed by atoms with Crippen LogP contribution in [0.1, 0.15) is 17.5 Å². The van der Waals surface area contributed by atoms with Gasteiger partial charge in [0.1, 0.15) is 11.5 Å². The zero-order valence-corrected chi connectivity index (χ0v) is 10.2. The van der Waals surface area contributed by atoms with Gasteiger partial charge in [0.05, 0.1) is 20.6 Å². The van der Waals surface area contributed by atoms with E-state index in [4.69, 9.17) is 14.6 Å². The lowest BCUT2D eigenvalue weighted by molar-refractivity contribution is -0.135. The number of ether oxygens (including phenoxy) is 2. The molecule has 0 aliphatic heterocycles. The number of carbonyl (C=O) groups is 1. The van der Waals surface area contributed by atoms with Gasteiger partial charge in [-0.15, -0.1) is 0 Å². The van der Waals surface area contributed by atoms with E-state index in [1.54, 1.807) is 26.4 Å². The topological polar surface area (TPSA) is 55.8 Å². The molecule has 0 saturated heterocycles. The maximum Gasteiger partial charge on any atom is 0.307 e. The number of carboxylic acids is 1. The Morgan fingerprint density at radius 3 is 2.35 bits per heavy atom. The quantitative estimate of drug-likeness (QED) is 0.853. The van der Waals surface area contributed by atoms with E-state index in [0.717, 1.165) is 5.56 Å². The third-order valence-electron chi connectivity index (χ3n) is 2.46. The molecule has 0 bridgehead atoms. The average Bonchev–Trinajstić information content (AvgIpc) is 2.27. The van der Waals surface area contributed by atoms with Crippen molar-refractivity contribution < 1.29 is 19.4 Å². The second-order valence-electron chi connectivity index (χ2n) is 3.70. The van der Waals surface area contributed by atoms with Gasteiger partial charge in [0, 0.05) is 5.56 Å². The summed E-state index contributed by atoms with van der Waals surface area (Å²) in [6.45, 7) is 5.66. The fourth-order valence-corrected chi connectivity index (χ4v) is 1.60. The number of aryl methyl sites for hydroxylation is 1. The number of rotatable bonds is 5. The fraction of sp³-hybridized carbons (Fsp3) is 0.308. The molecular formula is C13H16O4. The zero-order valence-electron chi connectivity index (χ0n) is 10.2. The molecule has 0 aromatic heterocycles. The Kier molecular flexibility index (Phi) is 4.15. The van der Waals surface area contributed by atoms with Crippen LogP contribution in [0.3, 0.4) is 0 Å². The Hall–Kier alpha value is -1.97. The van der Waals surface area contributed by atoms with Gasteiger partial charge in [-0.25, -0.2) is 0 Å². The Bertz CT molecular complexity index is 449. The van der Waals surface area contributed by atoms with Crippen molar-refractivity contribution in [2.45, 2.75) is 13.3 Å². The van der Waals surface area contributed by atoms with Crippen LogP contribution >= 0.6 is 0 Å². The van der Waals surface area contributed by atoms with Crippen LogP contribution in [0.5, 0.6) is 11.5 Å². The molecule has 0 atom stereocenters. The van der Waals surface area contributed by atoms with Crippen LogP contribution in [0.25, 0.3) is 5.57 Å². The zero-order chi connectivity index (χ0) is 13.0. The summed E-state index contributed by atoms with van der Waals surface area (Å²) < 4.78 is 10.4. The summed E-state index contributed by atoms with van der Waals surface area (Å²) in [5, 5.41) is 8.76. The maximum absolute atomic E-state index is 10.7. The number of aliphatic carboxylic acids is 1. The molecule has 1 aromatic rings. The summed E-state index contributed by atoms with van der Waals surface area (Å²) in [6, 6.07) is 3.56. The smallest absolute Gasteiger partial charge is 0.307 e. The summed E-state index contributed by atoms with van der Waals surface area (Å²) in [4.78, 5) is 10.7. The number of hydrogen-bond donors (Lipinski definition) is 1. The van der Waals surface area contributed by atoms with Gasteiger partial charge in [-0.3, -0.25) is 4.79 Å². The molecule has 0 saturated carbocycles. The molecule has 0 spiro atoms. The van der Waals surface area contributed by atoms with Crippen LogP contribution in [-0.2, 0) is 4.79 Å². The predicted molar refractivity (Wildman–Crippen MR) is 65.6 cm³/mol. The van der Waals surface area contributed by atoms with Crippen LogP contribution in [0.4, 0.5) is 0 Å². The monoisotopic (exact) mass is 236 g/mol. The highest BCUT2D eigenvalue weighted by atomic mass is 16.5. The minimum Gasteiger partial charge on any atom is -0.496 e. The minimum absolute atomic E-state index is 0.122. The van der Waals surface area contributed by atoms with Gasteiger partial charge < -0.3 is 14.6 Å². The summed E-state index contributed by atoms with van der Waals surface area (Å²) in [5.41, 5.74) is 2.08. The molecule has 4 nitrogen and oxygen atoms in total. The number of benzene rings is 1. The Morgan fingerprint density at radius 2 is 1.88 bits per heavy atom. The van der Waals surface area contributed by atoms with Gasteiger partial charge in [0.2, 0.25) is 0 Å². The van der Waals surface area contributed by atoms with Gasteiger partial charge in [0.15, 0.2) is 0 Å². The summed E-state index contributed by atoms with van der Waals surface area (Å²) in [5.74, 6) is 0.374.